The van der Waals surface area contributed by atoms with Crippen molar-refractivity contribution in [3.8, 4) is 0 Å². The summed E-state index contributed by atoms with van der Waals surface area (Å²) in [6, 6.07) is 10.6. The van der Waals surface area contributed by atoms with Crippen LogP contribution in [0.5, 0.6) is 0 Å². The fraction of sp³-hybridized carbons (Fsp3) is 0.385. The molecule has 1 aromatic rings. The van der Waals surface area contributed by atoms with Gasteiger partial charge in [-0.15, -0.1) is 13.2 Å². The summed E-state index contributed by atoms with van der Waals surface area (Å²) < 4.78 is 0. The molecule has 0 aromatic heterocycles. The lowest BCUT2D eigenvalue weighted by atomic mass is 9.91. The maximum atomic E-state index is 3.89. The fourth-order valence-corrected chi connectivity index (χ4v) is 2.11. The highest BCUT2D eigenvalue weighted by atomic mass is 14.1. The average Bonchev–Trinajstić information content (AvgIpc) is 2.70. The van der Waals surface area contributed by atoms with Gasteiger partial charge in [-0.2, -0.15) is 0 Å². The number of hydrogen-bond donors (Lipinski definition) is 0. The Morgan fingerprint density at radius 1 is 0.923 bits per heavy atom. The van der Waals surface area contributed by atoms with Crippen LogP contribution in [0.1, 0.15) is 65.9 Å². The predicted octanol–water partition coefficient (Wildman–Crippen LogP) is 8.92. The van der Waals surface area contributed by atoms with Crippen LogP contribution in [0.2, 0.25) is 0 Å². The van der Waals surface area contributed by atoms with Crippen molar-refractivity contribution >= 4 is 0 Å². The minimum absolute atomic E-state index is 0.515. The zero-order valence-electron chi connectivity index (χ0n) is 18.2. The molecule has 0 saturated heterocycles. The first-order valence-corrected chi connectivity index (χ1v) is 9.81. The molecule has 0 heteroatoms. The van der Waals surface area contributed by atoms with E-state index in [0.717, 1.165) is 17.9 Å². The molecule has 1 atom stereocenters. The molecule has 0 heterocycles. The Morgan fingerprint density at radius 3 is 1.81 bits per heavy atom. The van der Waals surface area contributed by atoms with Crippen LogP contribution in [-0.4, -0.2) is 0 Å². The van der Waals surface area contributed by atoms with Gasteiger partial charge in [0.1, 0.15) is 0 Å². The quantitative estimate of drug-likeness (QED) is 0.323. The molecule has 0 spiro atoms. The first-order valence-electron chi connectivity index (χ1n) is 9.81. The molecule has 146 valence electrons. The van der Waals surface area contributed by atoms with Gasteiger partial charge in [-0.1, -0.05) is 115 Å². The zero-order valence-corrected chi connectivity index (χ0v) is 18.2. The van der Waals surface area contributed by atoms with Crippen molar-refractivity contribution in [2.45, 2.75) is 60.3 Å². The van der Waals surface area contributed by atoms with Crippen molar-refractivity contribution in [2.75, 3.05) is 0 Å². The zero-order chi connectivity index (χ0) is 20.8. The normalized spacial score (nSPS) is 10.5. The summed E-state index contributed by atoms with van der Waals surface area (Å²) in [5, 5.41) is 0. The van der Waals surface area contributed by atoms with E-state index in [1.165, 1.54) is 12.0 Å². The van der Waals surface area contributed by atoms with Crippen LogP contribution in [0.4, 0.5) is 0 Å². The van der Waals surface area contributed by atoms with E-state index >= 15 is 0 Å². The van der Waals surface area contributed by atoms with Crippen molar-refractivity contribution in [3.63, 3.8) is 0 Å². The lowest BCUT2D eigenvalue weighted by Crippen LogP contribution is -1.99. The monoisotopic (exact) mass is 354 g/mol. The minimum atomic E-state index is 0.515. The van der Waals surface area contributed by atoms with E-state index < -0.39 is 0 Å². The van der Waals surface area contributed by atoms with Crippen LogP contribution in [0.15, 0.2) is 92.6 Å². The summed E-state index contributed by atoms with van der Waals surface area (Å²) in [7, 11) is 0. The second-order valence-corrected chi connectivity index (χ2v) is 5.56. The third kappa shape index (κ3) is 16.8. The molecule has 0 aliphatic rings. The number of allylic oxidation sites excluding steroid dienone is 6. The number of benzene rings is 1. The maximum Gasteiger partial charge on any atom is 0.00177 e. The van der Waals surface area contributed by atoms with Crippen molar-refractivity contribution in [3.05, 3.63) is 98.2 Å². The van der Waals surface area contributed by atoms with Crippen LogP contribution in [-0.2, 0) is 0 Å². The summed E-state index contributed by atoms with van der Waals surface area (Å²) >= 11 is 0. The van der Waals surface area contributed by atoms with Crippen molar-refractivity contribution in [1.29, 1.82) is 0 Å². The second-order valence-electron chi connectivity index (χ2n) is 5.56. The SMILES string of the molecule is C=C/C=C(\C=C)CC=C.C=CC(CC(C)C)c1ccccc1.CC.CC. The highest BCUT2D eigenvalue weighted by Crippen LogP contribution is 2.24. The lowest BCUT2D eigenvalue weighted by Gasteiger charge is -2.14. The molecule has 0 aliphatic heterocycles. The Balaban J connectivity index is -0.000000357. The second kappa shape index (κ2) is 22.9. The van der Waals surface area contributed by atoms with E-state index in [2.05, 4.69) is 76.6 Å². The van der Waals surface area contributed by atoms with Gasteiger partial charge in [0.05, 0.1) is 0 Å². The average molecular weight is 355 g/mol. The first-order chi connectivity index (χ1) is 12.6. The molecule has 0 bridgehead atoms. The molecular formula is C26H42. The van der Waals surface area contributed by atoms with Gasteiger partial charge < -0.3 is 0 Å². The van der Waals surface area contributed by atoms with Crippen LogP contribution < -0.4 is 0 Å². The van der Waals surface area contributed by atoms with Crippen molar-refractivity contribution in [1.82, 2.24) is 0 Å². The molecule has 0 saturated carbocycles. The van der Waals surface area contributed by atoms with Gasteiger partial charge in [0.15, 0.2) is 0 Å². The first kappa shape index (κ1) is 28.7. The van der Waals surface area contributed by atoms with Gasteiger partial charge in [-0.25, -0.2) is 0 Å². The van der Waals surface area contributed by atoms with Gasteiger partial charge in [-0.3, -0.25) is 0 Å². The largest absolute Gasteiger partial charge is 0.103 e. The van der Waals surface area contributed by atoms with Crippen LogP contribution in [0.3, 0.4) is 0 Å². The summed E-state index contributed by atoms with van der Waals surface area (Å²) in [6.45, 7) is 27.2. The maximum absolute atomic E-state index is 3.89. The smallest absolute Gasteiger partial charge is 0.00177 e. The van der Waals surface area contributed by atoms with Gasteiger partial charge in [0.25, 0.3) is 0 Å². The highest BCUT2D eigenvalue weighted by Gasteiger charge is 2.08. The summed E-state index contributed by atoms with van der Waals surface area (Å²) in [5.41, 5.74) is 2.53. The highest BCUT2D eigenvalue weighted by molar-refractivity contribution is 5.23. The molecule has 1 rings (SSSR count). The molecule has 1 aromatic carbocycles. The van der Waals surface area contributed by atoms with E-state index in [1.807, 2.05) is 45.9 Å². The van der Waals surface area contributed by atoms with Crippen molar-refractivity contribution in [2.24, 2.45) is 5.92 Å². The molecule has 0 fully saturated rings. The number of hydrogen-bond acceptors (Lipinski definition) is 0. The molecule has 26 heavy (non-hydrogen) atoms. The Bertz CT molecular complexity index is 474. The Kier molecular flexibility index (Phi) is 25.3. The third-order valence-electron chi connectivity index (χ3n) is 3.21. The van der Waals surface area contributed by atoms with Gasteiger partial charge in [0, 0.05) is 5.92 Å². The van der Waals surface area contributed by atoms with Crippen LogP contribution in [0, 0.1) is 5.92 Å². The van der Waals surface area contributed by atoms with Gasteiger partial charge in [0.2, 0.25) is 0 Å². The van der Waals surface area contributed by atoms with E-state index in [4.69, 9.17) is 0 Å². The van der Waals surface area contributed by atoms with Crippen LogP contribution in [0.25, 0.3) is 0 Å². The standard InChI is InChI=1S/C13H18.C9H12.2C2H6/c1-4-12(10-11(2)3)13-8-6-5-7-9-13;1-4-7-9(6-3)8-5-2;2*1-2/h4-9,11-12H,1,10H2,2-3H3;4-7H,1-3,8H2;2*1-2H3/b;9-7+;;. The minimum Gasteiger partial charge on any atom is -0.103 e. The van der Waals surface area contributed by atoms with Gasteiger partial charge >= 0.3 is 0 Å². The molecule has 0 nitrogen and oxygen atoms in total. The molecule has 0 amide bonds. The van der Waals surface area contributed by atoms with E-state index in [9.17, 15) is 0 Å². The predicted molar refractivity (Wildman–Crippen MR) is 125 cm³/mol. The van der Waals surface area contributed by atoms with Crippen LogP contribution >= 0.6 is 0 Å². The molecule has 0 aliphatic carbocycles. The Hall–Kier alpha value is -2.08. The van der Waals surface area contributed by atoms with Crippen molar-refractivity contribution < 1.29 is 0 Å². The summed E-state index contributed by atoms with van der Waals surface area (Å²) in [4.78, 5) is 0. The summed E-state index contributed by atoms with van der Waals surface area (Å²) in [6.07, 6.45) is 11.4. The van der Waals surface area contributed by atoms with E-state index in [-0.39, 0.29) is 0 Å². The molecular weight excluding hydrogens is 312 g/mol. The Morgan fingerprint density at radius 2 is 1.46 bits per heavy atom. The summed E-state index contributed by atoms with van der Waals surface area (Å²) in [5.74, 6) is 1.24. The van der Waals surface area contributed by atoms with E-state index in [1.54, 1.807) is 6.08 Å². The third-order valence-corrected chi connectivity index (χ3v) is 3.21. The van der Waals surface area contributed by atoms with Gasteiger partial charge in [-0.05, 0) is 29.9 Å². The molecule has 0 radical (unpaired) electrons. The molecule has 0 N–H and O–H groups in total. The topological polar surface area (TPSA) is 0 Å². The number of rotatable bonds is 8. The lowest BCUT2D eigenvalue weighted by molar-refractivity contribution is 0.550. The van der Waals surface area contributed by atoms with E-state index in [0.29, 0.717) is 5.92 Å². The Labute approximate surface area is 164 Å². The fourth-order valence-electron chi connectivity index (χ4n) is 2.11. The molecule has 1 unspecified atom stereocenters.